The number of hydrogen-bond donors (Lipinski definition) is 0. The number of pyridine rings is 1. The normalized spacial score (nSPS) is 10.8. The van der Waals surface area contributed by atoms with Crippen molar-refractivity contribution < 1.29 is 4.79 Å². The van der Waals surface area contributed by atoms with E-state index in [1.807, 2.05) is 41.1 Å². The lowest BCUT2D eigenvalue weighted by atomic mass is 10.3. The number of carbonyl (C=O) groups is 1. The van der Waals surface area contributed by atoms with E-state index in [1.165, 1.54) is 11.3 Å². The van der Waals surface area contributed by atoms with Gasteiger partial charge in [0.05, 0.1) is 12.2 Å². The van der Waals surface area contributed by atoms with Gasteiger partial charge in [0.2, 0.25) is 0 Å². The Morgan fingerprint density at radius 1 is 1.45 bits per heavy atom. The lowest BCUT2D eigenvalue weighted by Gasteiger charge is -2.20. The summed E-state index contributed by atoms with van der Waals surface area (Å²) >= 11 is 1.52. The average molecular weight is 286 g/mol. The molecule has 0 fully saturated rings. The van der Waals surface area contributed by atoms with Gasteiger partial charge >= 0.3 is 0 Å². The first-order valence-corrected chi connectivity index (χ1v) is 7.27. The third kappa shape index (κ3) is 2.18. The quantitative estimate of drug-likeness (QED) is 0.677. The summed E-state index contributed by atoms with van der Waals surface area (Å²) in [6, 6.07) is 5.83. The van der Waals surface area contributed by atoms with E-state index < -0.39 is 0 Å². The number of anilines is 1. The molecule has 3 aromatic rings. The topological polar surface area (TPSA) is 50.5 Å². The molecule has 0 spiro atoms. The average Bonchev–Trinajstić information content (AvgIpc) is 3.06. The number of carbonyl (C=O) groups excluding carboxylic acids is 1. The molecule has 5 nitrogen and oxygen atoms in total. The zero-order valence-corrected chi connectivity index (χ0v) is 11.9. The van der Waals surface area contributed by atoms with E-state index in [1.54, 1.807) is 6.20 Å². The Kier molecular flexibility index (Phi) is 3.47. The maximum absolute atomic E-state index is 11.4. The van der Waals surface area contributed by atoms with E-state index in [4.69, 9.17) is 0 Å². The second-order valence-electron chi connectivity index (χ2n) is 4.33. The van der Waals surface area contributed by atoms with Crippen molar-refractivity contribution in [3.05, 3.63) is 47.4 Å². The summed E-state index contributed by atoms with van der Waals surface area (Å²) in [7, 11) is 0. The van der Waals surface area contributed by atoms with Gasteiger partial charge in [-0.25, -0.2) is 4.98 Å². The Morgan fingerprint density at radius 2 is 2.35 bits per heavy atom. The highest BCUT2D eigenvalue weighted by molar-refractivity contribution is 7.15. The summed E-state index contributed by atoms with van der Waals surface area (Å²) in [4.78, 5) is 23.2. The van der Waals surface area contributed by atoms with Gasteiger partial charge in [0, 0.05) is 24.3 Å². The van der Waals surface area contributed by atoms with Crippen molar-refractivity contribution in [2.45, 2.75) is 13.5 Å². The van der Waals surface area contributed by atoms with E-state index in [0.29, 0.717) is 12.2 Å². The van der Waals surface area contributed by atoms with Crippen LogP contribution in [0.15, 0.2) is 36.0 Å². The van der Waals surface area contributed by atoms with E-state index in [9.17, 15) is 4.79 Å². The van der Waals surface area contributed by atoms with Crippen LogP contribution in [-0.4, -0.2) is 27.2 Å². The molecule has 0 aliphatic carbocycles. The van der Waals surface area contributed by atoms with Crippen LogP contribution in [-0.2, 0) is 6.54 Å². The smallest absolute Gasteiger partial charge is 0.196 e. The van der Waals surface area contributed by atoms with Gasteiger partial charge in [0.15, 0.2) is 17.1 Å². The van der Waals surface area contributed by atoms with Gasteiger partial charge in [0.25, 0.3) is 0 Å². The van der Waals surface area contributed by atoms with E-state index in [0.717, 1.165) is 29.3 Å². The molecule has 6 heteroatoms. The molecule has 3 aromatic heterocycles. The summed E-state index contributed by atoms with van der Waals surface area (Å²) in [5.41, 5.74) is 1.56. The maximum Gasteiger partial charge on any atom is 0.196 e. The first-order valence-electron chi connectivity index (χ1n) is 6.39. The number of imidazole rings is 1. The van der Waals surface area contributed by atoms with Crippen molar-refractivity contribution in [3.63, 3.8) is 0 Å². The minimum absolute atomic E-state index is 0.596. The van der Waals surface area contributed by atoms with Crippen LogP contribution in [0.4, 0.5) is 5.82 Å². The number of aldehydes is 1. The van der Waals surface area contributed by atoms with Gasteiger partial charge < -0.3 is 4.90 Å². The van der Waals surface area contributed by atoms with Crippen molar-refractivity contribution in [1.29, 1.82) is 0 Å². The highest BCUT2D eigenvalue weighted by Crippen LogP contribution is 2.24. The van der Waals surface area contributed by atoms with Crippen LogP contribution in [0, 0.1) is 0 Å². The molecule has 0 saturated carbocycles. The van der Waals surface area contributed by atoms with Gasteiger partial charge in [-0.3, -0.25) is 14.2 Å². The van der Waals surface area contributed by atoms with Crippen LogP contribution in [0.5, 0.6) is 0 Å². The molecule has 3 rings (SSSR count). The number of rotatable bonds is 5. The minimum Gasteiger partial charge on any atom is -0.349 e. The Hall–Kier alpha value is -2.21. The van der Waals surface area contributed by atoms with Crippen molar-refractivity contribution >= 4 is 28.4 Å². The van der Waals surface area contributed by atoms with Gasteiger partial charge in [0.1, 0.15) is 5.69 Å². The first-order chi connectivity index (χ1) is 9.83. The van der Waals surface area contributed by atoms with Crippen LogP contribution in [0.1, 0.15) is 23.1 Å². The molecule has 0 aliphatic heterocycles. The molecule has 20 heavy (non-hydrogen) atoms. The molecule has 0 N–H and O–H groups in total. The minimum atomic E-state index is 0.596. The summed E-state index contributed by atoms with van der Waals surface area (Å²) in [5.74, 6) is 0.722. The van der Waals surface area contributed by atoms with Crippen LogP contribution >= 0.6 is 11.3 Å². The molecule has 0 radical (unpaired) electrons. The number of aromatic nitrogens is 3. The van der Waals surface area contributed by atoms with Crippen LogP contribution in [0.25, 0.3) is 4.96 Å². The van der Waals surface area contributed by atoms with Crippen molar-refractivity contribution in [2.24, 2.45) is 0 Å². The largest absolute Gasteiger partial charge is 0.349 e. The first kappa shape index (κ1) is 12.8. The van der Waals surface area contributed by atoms with Crippen LogP contribution < -0.4 is 4.90 Å². The van der Waals surface area contributed by atoms with Crippen molar-refractivity contribution in [2.75, 3.05) is 11.4 Å². The predicted molar refractivity (Wildman–Crippen MR) is 79.4 cm³/mol. The lowest BCUT2D eigenvalue weighted by molar-refractivity contribution is 0.111. The molecular formula is C14H14N4OS. The molecule has 0 bridgehead atoms. The van der Waals surface area contributed by atoms with Crippen molar-refractivity contribution in [1.82, 2.24) is 14.4 Å². The molecule has 102 valence electrons. The van der Waals surface area contributed by atoms with E-state index in [-0.39, 0.29) is 0 Å². The standard InChI is InChI=1S/C14H14N4OS/c1-2-17(9-11-5-3-4-6-15-11)13-12(10-19)18-7-8-20-14(18)16-13/h3-8,10H,2,9H2,1H3. The third-order valence-corrected chi connectivity index (χ3v) is 3.91. The Balaban J connectivity index is 1.98. The third-order valence-electron chi connectivity index (χ3n) is 3.15. The predicted octanol–water partition coefficient (Wildman–Crippen LogP) is 2.63. The number of fused-ring (bicyclic) bond motifs is 1. The fraction of sp³-hybridized carbons (Fsp3) is 0.214. The van der Waals surface area contributed by atoms with Gasteiger partial charge in [-0.15, -0.1) is 11.3 Å². The molecular weight excluding hydrogens is 272 g/mol. The number of thiazole rings is 1. The van der Waals surface area contributed by atoms with Gasteiger partial charge in [-0.2, -0.15) is 0 Å². The number of nitrogens with zero attached hydrogens (tertiary/aromatic N) is 4. The summed E-state index contributed by atoms with van der Waals surface area (Å²) < 4.78 is 1.83. The highest BCUT2D eigenvalue weighted by atomic mass is 32.1. The number of hydrogen-bond acceptors (Lipinski definition) is 5. The Labute approximate surface area is 120 Å². The monoisotopic (exact) mass is 286 g/mol. The van der Waals surface area contributed by atoms with E-state index in [2.05, 4.69) is 14.9 Å². The summed E-state index contributed by atoms with van der Waals surface area (Å²) in [6.45, 7) is 3.45. The van der Waals surface area contributed by atoms with Crippen LogP contribution in [0.3, 0.4) is 0 Å². The summed E-state index contributed by atoms with van der Waals surface area (Å²) in [5, 5.41) is 1.92. The lowest BCUT2D eigenvalue weighted by Crippen LogP contribution is -2.24. The molecule has 0 amide bonds. The Bertz CT molecular complexity index is 719. The van der Waals surface area contributed by atoms with Gasteiger partial charge in [-0.05, 0) is 19.1 Å². The molecule has 0 aliphatic rings. The molecule has 0 unspecified atom stereocenters. The summed E-state index contributed by atoms with van der Waals surface area (Å²) in [6.07, 6.45) is 4.51. The maximum atomic E-state index is 11.4. The van der Waals surface area contributed by atoms with Crippen molar-refractivity contribution in [3.8, 4) is 0 Å². The Morgan fingerprint density at radius 3 is 3.05 bits per heavy atom. The molecule has 0 atom stereocenters. The van der Waals surface area contributed by atoms with Gasteiger partial charge in [-0.1, -0.05) is 6.07 Å². The zero-order valence-electron chi connectivity index (χ0n) is 11.1. The fourth-order valence-electron chi connectivity index (χ4n) is 2.16. The molecule has 0 aromatic carbocycles. The van der Waals surface area contributed by atoms with E-state index >= 15 is 0 Å². The molecule has 0 saturated heterocycles. The second kappa shape index (κ2) is 5.42. The molecule has 3 heterocycles. The zero-order chi connectivity index (χ0) is 13.9. The van der Waals surface area contributed by atoms with Crippen LogP contribution in [0.2, 0.25) is 0 Å². The SMILES string of the molecule is CCN(Cc1ccccn1)c1nc2sccn2c1C=O. The second-order valence-corrected chi connectivity index (χ2v) is 5.20. The fourth-order valence-corrected chi connectivity index (χ4v) is 2.87. The highest BCUT2D eigenvalue weighted by Gasteiger charge is 2.18.